The van der Waals surface area contributed by atoms with E-state index < -0.39 is 18.9 Å². The maximum absolute atomic E-state index is 12.0. The van der Waals surface area contributed by atoms with Gasteiger partial charge in [0.25, 0.3) is 6.41 Å². The van der Waals surface area contributed by atoms with Crippen LogP contribution in [0.25, 0.3) is 0 Å². The molecule has 9 heteroatoms. The Labute approximate surface area is 97.3 Å². The number of hydrazine groups is 1. The molecule has 0 aromatic heterocycles. The van der Waals surface area contributed by atoms with Crippen molar-refractivity contribution < 1.29 is 32.2 Å². The Balaban J connectivity index is 4.24. The number of hydrogen-bond acceptors (Lipinski definition) is 6. The van der Waals surface area contributed by atoms with Gasteiger partial charge >= 0.3 is 6.36 Å². The molecule has 1 unspecified atom stereocenters. The molecule has 0 amide bonds. The molecule has 0 aromatic rings. The van der Waals surface area contributed by atoms with Gasteiger partial charge in [-0.15, -0.1) is 13.2 Å². The highest BCUT2D eigenvalue weighted by molar-refractivity contribution is 4.42. The summed E-state index contributed by atoms with van der Waals surface area (Å²) >= 11 is 0. The normalized spacial score (nSPS) is 14.6. The first kappa shape index (κ1) is 16.6. The molecule has 17 heavy (non-hydrogen) atoms. The van der Waals surface area contributed by atoms with E-state index in [0.717, 1.165) is 0 Å². The first-order valence-electron chi connectivity index (χ1n) is 4.82. The molecular weight excluding hydrogens is 245 g/mol. The topological polar surface area (TPSA) is 66.2 Å². The van der Waals surface area contributed by atoms with Gasteiger partial charge in [0.2, 0.25) is 0 Å². The molecule has 0 saturated carbocycles. The standard InChI is InChI=1S/C8H17F3N2O4/c1-6(2)16-7(17-8(9,10)11)13(12)15-5-4-14-3/h6-7H,4-5,12H2,1-3H3. The Morgan fingerprint density at radius 1 is 1.24 bits per heavy atom. The van der Waals surface area contributed by atoms with Crippen molar-refractivity contribution in [2.45, 2.75) is 32.7 Å². The molecule has 6 nitrogen and oxygen atoms in total. The first-order valence-corrected chi connectivity index (χ1v) is 4.82. The predicted octanol–water partition coefficient (Wildman–Crippen LogP) is 0.985. The van der Waals surface area contributed by atoms with Crippen LogP contribution in [0.4, 0.5) is 13.2 Å². The highest BCUT2D eigenvalue weighted by atomic mass is 19.4. The van der Waals surface area contributed by atoms with Crippen molar-refractivity contribution in [3.05, 3.63) is 0 Å². The Bertz CT molecular complexity index is 204. The lowest BCUT2D eigenvalue weighted by Gasteiger charge is -2.28. The molecule has 0 bridgehead atoms. The van der Waals surface area contributed by atoms with Crippen LogP contribution in [-0.2, 0) is 19.0 Å². The van der Waals surface area contributed by atoms with Gasteiger partial charge in [0, 0.05) is 7.11 Å². The molecule has 0 rings (SSSR count). The van der Waals surface area contributed by atoms with Crippen molar-refractivity contribution >= 4 is 0 Å². The fraction of sp³-hybridized carbons (Fsp3) is 1.00. The maximum atomic E-state index is 12.0. The number of rotatable bonds is 8. The van der Waals surface area contributed by atoms with Crippen LogP contribution in [-0.4, -0.2) is 44.4 Å². The SMILES string of the molecule is COCCON(N)C(OC(C)C)OC(F)(F)F. The predicted molar refractivity (Wildman–Crippen MR) is 51.0 cm³/mol. The van der Waals surface area contributed by atoms with Gasteiger partial charge in [-0.1, -0.05) is 5.17 Å². The quantitative estimate of drug-likeness (QED) is 0.304. The Morgan fingerprint density at radius 3 is 2.24 bits per heavy atom. The lowest BCUT2D eigenvalue weighted by molar-refractivity contribution is -0.447. The molecule has 0 aliphatic heterocycles. The van der Waals surface area contributed by atoms with E-state index in [4.69, 9.17) is 15.4 Å². The van der Waals surface area contributed by atoms with E-state index in [9.17, 15) is 13.2 Å². The molecule has 0 saturated heterocycles. The summed E-state index contributed by atoms with van der Waals surface area (Å²) in [5.74, 6) is 5.22. The van der Waals surface area contributed by atoms with E-state index in [1.165, 1.54) is 21.0 Å². The third kappa shape index (κ3) is 9.27. The van der Waals surface area contributed by atoms with Gasteiger partial charge < -0.3 is 9.47 Å². The molecule has 0 aliphatic carbocycles. The van der Waals surface area contributed by atoms with Crippen LogP contribution in [0.3, 0.4) is 0 Å². The summed E-state index contributed by atoms with van der Waals surface area (Å²) < 4.78 is 49.2. The summed E-state index contributed by atoms with van der Waals surface area (Å²) in [5, 5.41) is 0.354. The summed E-state index contributed by atoms with van der Waals surface area (Å²) in [4.78, 5) is 4.73. The van der Waals surface area contributed by atoms with Gasteiger partial charge in [0.15, 0.2) is 0 Å². The van der Waals surface area contributed by atoms with Crippen LogP contribution in [0.1, 0.15) is 13.8 Å². The van der Waals surface area contributed by atoms with Crippen molar-refractivity contribution in [1.82, 2.24) is 5.17 Å². The van der Waals surface area contributed by atoms with E-state index in [2.05, 4.69) is 9.47 Å². The summed E-state index contributed by atoms with van der Waals surface area (Å²) in [6.07, 6.45) is -7.26. The number of nitrogens with zero attached hydrogens (tertiary/aromatic N) is 1. The summed E-state index contributed by atoms with van der Waals surface area (Å²) in [5.41, 5.74) is 0. The van der Waals surface area contributed by atoms with Crippen molar-refractivity contribution in [2.75, 3.05) is 20.3 Å². The lowest BCUT2D eigenvalue weighted by atomic mass is 10.5. The Kier molecular flexibility index (Phi) is 7.59. The van der Waals surface area contributed by atoms with Crippen LogP contribution in [0, 0.1) is 0 Å². The van der Waals surface area contributed by atoms with E-state index in [1.54, 1.807) is 0 Å². The summed E-state index contributed by atoms with van der Waals surface area (Å²) in [7, 11) is 1.42. The molecular formula is C8H17F3N2O4. The van der Waals surface area contributed by atoms with E-state index in [0.29, 0.717) is 5.17 Å². The van der Waals surface area contributed by atoms with Crippen LogP contribution in [0.5, 0.6) is 0 Å². The third-order valence-electron chi connectivity index (χ3n) is 1.36. The van der Waals surface area contributed by atoms with Gasteiger partial charge in [-0.3, -0.25) is 4.84 Å². The van der Waals surface area contributed by atoms with Crippen LogP contribution < -0.4 is 5.84 Å². The van der Waals surface area contributed by atoms with Gasteiger partial charge in [-0.2, -0.15) is 0 Å². The number of hydrogen-bond donors (Lipinski definition) is 1. The van der Waals surface area contributed by atoms with Gasteiger partial charge in [0.05, 0.1) is 19.3 Å². The number of hydroxylamine groups is 1. The van der Waals surface area contributed by atoms with Crippen LogP contribution in [0.2, 0.25) is 0 Å². The first-order chi connectivity index (χ1) is 7.76. The fourth-order valence-corrected chi connectivity index (χ4v) is 0.774. The van der Waals surface area contributed by atoms with Crippen LogP contribution >= 0.6 is 0 Å². The highest BCUT2D eigenvalue weighted by Gasteiger charge is 2.37. The molecule has 2 N–H and O–H groups in total. The van der Waals surface area contributed by atoms with Gasteiger partial charge in [-0.05, 0) is 13.8 Å². The molecule has 0 aromatic carbocycles. The molecule has 0 fully saturated rings. The molecule has 0 spiro atoms. The lowest BCUT2D eigenvalue weighted by Crippen LogP contribution is -2.48. The minimum atomic E-state index is -4.87. The van der Waals surface area contributed by atoms with Crippen molar-refractivity contribution in [1.29, 1.82) is 0 Å². The number of alkyl halides is 3. The maximum Gasteiger partial charge on any atom is 0.525 e. The molecule has 104 valence electrons. The smallest absolute Gasteiger partial charge is 0.382 e. The highest BCUT2D eigenvalue weighted by Crippen LogP contribution is 2.21. The second kappa shape index (κ2) is 7.80. The second-order valence-corrected chi connectivity index (χ2v) is 3.24. The van der Waals surface area contributed by atoms with Gasteiger partial charge in [0.1, 0.15) is 0 Å². The zero-order valence-corrected chi connectivity index (χ0v) is 9.86. The third-order valence-corrected chi connectivity index (χ3v) is 1.36. The van der Waals surface area contributed by atoms with Crippen LogP contribution in [0.15, 0.2) is 0 Å². The number of nitrogens with two attached hydrogens (primary N) is 1. The minimum Gasteiger partial charge on any atom is -0.382 e. The second-order valence-electron chi connectivity index (χ2n) is 3.24. The monoisotopic (exact) mass is 262 g/mol. The molecule has 0 aliphatic rings. The molecule has 0 radical (unpaired) electrons. The summed E-state index contributed by atoms with van der Waals surface area (Å²) in [6, 6.07) is 0. The van der Waals surface area contributed by atoms with Crippen molar-refractivity contribution in [3.63, 3.8) is 0 Å². The Hall–Kier alpha value is -0.450. The summed E-state index contributed by atoms with van der Waals surface area (Å²) in [6.45, 7) is 3.23. The largest absolute Gasteiger partial charge is 0.525 e. The minimum absolute atomic E-state index is 0.0217. The zero-order valence-electron chi connectivity index (χ0n) is 9.86. The zero-order chi connectivity index (χ0) is 13.5. The van der Waals surface area contributed by atoms with E-state index in [-0.39, 0.29) is 13.2 Å². The van der Waals surface area contributed by atoms with E-state index in [1.807, 2.05) is 0 Å². The fourth-order valence-electron chi connectivity index (χ4n) is 0.774. The van der Waals surface area contributed by atoms with E-state index >= 15 is 0 Å². The number of halogens is 3. The van der Waals surface area contributed by atoms with Crippen molar-refractivity contribution in [2.24, 2.45) is 5.84 Å². The van der Waals surface area contributed by atoms with Crippen molar-refractivity contribution in [3.8, 4) is 0 Å². The van der Waals surface area contributed by atoms with Gasteiger partial charge in [-0.25, -0.2) is 10.6 Å². The average Bonchev–Trinajstić information content (AvgIpc) is 2.14. The Morgan fingerprint density at radius 2 is 1.82 bits per heavy atom. The average molecular weight is 262 g/mol. The number of methoxy groups -OCH3 is 1. The number of ether oxygens (including phenoxy) is 3. The molecule has 0 heterocycles. The molecule has 1 atom stereocenters.